The molecule has 1 aromatic heterocycles. The van der Waals surface area contributed by atoms with Crippen molar-refractivity contribution >= 4 is 18.3 Å². The minimum Gasteiger partial charge on any atom is -0.334 e. The zero-order chi connectivity index (χ0) is 15.7. The summed E-state index contributed by atoms with van der Waals surface area (Å²) in [6.07, 6.45) is 0.896. The van der Waals surface area contributed by atoms with Gasteiger partial charge in [0.2, 0.25) is 0 Å². The summed E-state index contributed by atoms with van der Waals surface area (Å²) in [5, 5.41) is 10.6. The lowest BCUT2D eigenvalue weighted by Gasteiger charge is -2.25. The van der Waals surface area contributed by atoms with E-state index in [0.717, 1.165) is 29.8 Å². The Morgan fingerprint density at radius 3 is 2.70 bits per heavy atom. The Labute approximate surface area is 142 Å². The molecule has 2 N–H and O–H groups in total. The van der Waals surface area contributed by atoms with Gasteiger partial charge in [-0.25, -0.2) is 0 Å². The van der Waals surface area contributed by atoms with E-state index in [4.69, 9.17) is 0 Å². The van der Waals surface area contributed by atoms with E-state index in [-0.39, 0.29) is 24.4 Å². The first kappa shape index (κ1) is 17.5. The lowest BCUT2D eigenvalue weighted by molar-refractivity contribution is 0.0735. The largest absolute Gasteiger partial charge is 0.334 e. The minimum absolute atomic E-state index is 0. The fourth-order valence-electron chi connectivity index (χ4n) is 2.81. The number of hydrogen-bond acceptors (Lipinski definition) is 3. The summed E-state index contributed by atoms with van der Waals surface area (Å²) in [6.45, 7) is 5.74. The molecule has 0 spiro atoms. The maximum atomic E-state index is 12.8. The Balaban J connectivity index is 0.00000192. The maximum absolute atomic E-state index is 12.8. The average molecular weight is 335 g/mol. The molecule has 1 unspecified atom stereocenters. The van der Waals surface area contributed by atoms with E-state index in [2.05, 4.69) is 46.7 Å². The highest BCUT2D eigenvalue weighted by Gasteiger charge is 2.26. The van der Waals surface area contributed by atoms with E-state index in [0.29, 0.717) is 12.2 Å². The molecule has 0 saturated heterocycles. The van der Waals surface area contributed by atoms with E-state index < -0.39 is 0 Å². The molecule has 2 heterocycles. The second-order valence-corrected chi connectivity index (χ2v) is 5.96. The molecule has 0 fully saturated rings. The van der Waals surface area contributed by atoms with E-state index in [1.807, 2.05) is 14.0 Å². The third-order valence-corrected chi connectivity index (χ3v) is 4.47. The van der Waals surface area contributed by atoms with Crippen LogP contribution in [0.5, 0.6) is 0 Å². The highest BCUT2D eigenvalue weighted by Crippen LogP contribution is 2.23. The van der Waals surface area contributed by atoms with Crippen LogP contribution in [-0.2, 0) is 13.0 Å². The van der Waals surface area contributed by atoms with Crippen molar-refractivity contribution in [2.45, 2.75) is 32.9 Å². The van der Waals surface area contributed by atoms with E-state index in [1.165, 1.54) is 5.56 Å². The third-order valence-electron chi connectivity index (χ3n) is 4.47. The number of benzene rings is 1. The predicted octanol–water partition coefficient (Wildman–Crippen LogP) is 2.62. The number of aromatic amines is 1. The summed E-state index contributed by atoms with van der Waals surface area (Å²) in [6, 6.07) is 8.31. The van der Waals surface area contributed by atoms with Gasteiger partial charge in [0.15, 0.2) is 5.69 Å². The number of nitrogens with one attached hydrogen (secondary N) is 2. The minimum atomic E-state index is -0.0331. The maximum Gasteiger partial charge on any atom is 0.274 e. The number of nitrogens with zero attached hydrogens (tertiary/aromatic N) is 2. The van der Waals surface area contributed by atoms with Gasteiger partial charge in [0.05, 0.1) is 6.04 Å². The van der Waals surface area contributed by atoms with Crippen LogP contribution in [0.1, 0.15) is 45.8 Å². The van der Waals surface area contributed by atoms with Crippen molar-refractivity contribution in [2.75, 3.05) is 13.6 Å². The summed E-state index contributed by atoms with van der Waals surface area (Å²) in [7, 11) is 1.84. The van der Waals surface area contributed by atoms with Gasteiger partial charge in [-0.2, -0.15) is 5.10 Å². The van der Waals surface area contributed by atoms with Crippen LogP contribution >= 0.6 is 12.4 Å². The molecule has 1 aliphatic rings. The Morgan fingerprint density at radius 2 is 2.00 bits per heavy atom. The highest BCUT2D eigenvalue weighted by molar-refractivity contribution is 5.94. The molecule has 124 valence electrons. The molecule has 3 rings (SSSR count). The molecular formula is C17H23ClN4O. The number of aromatic nitrogens is 2. The summed E-state index contributed by atoms with van der Waals surface area (Å²) >= 11 is 0. The van der Waals surface area contributed by atoms with Gasteiger partial charge in [-0.05, 0) is 19.4 Å². The van der Waals surface area contributed by atoms with E-state index >= 15 is 0 Å². The monoisotopic (exact) mass is 334 g/mol. The van der Waals surface area contributed by atoms with Gasteiger partial charge in [-0.15, -0.1) is 12.4 Å². The van der Waals surface area contributed by atoms with Crippen LogP contribution in [0, 0.1) is 6.92 Å². The lowest BCUT2D eigenvalue weighted by Crippen LogP contribution is -2.32. The van der Waals surface area contributed by atoms with Crippen LogP contribution in [0.4, 0.5) is 0 Å². The van der Waals surface area contributed by atoms with Crippen molar-refractivity contribution in [3.63, 3.8) is 0 Å². The van der Waals surface area contributed by atoms with Crippen LogP contribution in [0.2, 0.25) is 0 Å². The third kappa shape index (κ3) is 3.41. The topological polar surface area (TPSA) is 61.0 Å². The Hall–Kier alpha value is -1.85. The molecule has 1 aliphatic heterocycles. The van der Waals surface area contributed by atoms with Gasteiger partial charge >= 0.3 is 0 Å². The molecule has 2 aromatic rings. The Morgan fingerprint density at radius 1 is 1.30 bits per heavy atom. The fourth-order valence-corrected chi connectivity index (χ4v) is 2.81. The van der Waals surface area contributed by atoms with Crippen LogP contribution in [0.25, 0.3) is 0 Å². The van der Waals surface area contributed by atoms with Gasteiger partial charge in [0, 0.05) is 37.8 Å². The van der Waals surface area contributed by atoms with Gasteiger partial charge in [-0.3, -0.25) is 9.89 Å². The number of hydrogen-bond donors (Lipinski definition) is 2. The number of fused-ring (bicyclic) bond motifs is 1. The van der Waals surface area contributed by atoms with Crippen molar-refractivity contribution in [2.24, 2.45) is 0 Å². The summed E-state index contributed by atoms with van der Waals surface area (Å²) < 4.78 is 0. The van der Waals surface area contributed by atoms with Gasteiger partial charge in [-0.1, -0.05) is 29.8 Å². The first-order valence-electron chi connectivity index (χ1n) is 7.68. The average Bonchev–Trinajstić information content (AvgIpc) is 2.97. The van der Waals surface area contributed by atoms with Crippen molar-refractivity contribution in [3.8, 4) is 0 Å². The molecule has 0 aliphatic carbocycles. The van der Waals surface area contributed by atoms with Crippen molar-refractivity contribution in [3.05, 3.63) is 52.3 Å². The molecule has 0 saturated carbocycles. The summed E-state index contributed by atoms with van der Waals surface area (Å²) in [4.78, 5) is 14.5. The van der Waals surface area contributed by atoms with Crippen molar-refractivity contribution in [1.29, 1.82) is 0 Å². The Kier molecular flexibility index (Phi) is 5.44. The number of halogens is 1. The molecule has 1 amide bonds. The SMILES string of the molecule is Cc1ccc(C(C)N(C)C(=O)c2n[nH]c3c2CNCC3)cc1.Cl. The molecule has 1 aromatic carbocycles. The summed E-state index contributed by atoms with van der Waals surface area (Å²) in [5.41, 5.74) is 4.99. The van der Waals surface area contributed by atoms with Gasteiger partial charge in [0.25, 0.3) is 5.91 Å². The zero-order valence-electron chi connectivity index (χ0n) is 13.7. The lowest BCUT2D eigenvalue weighted by atomic mass is 10.0. The van der Waals surface area contributed by atoms with E-state index in [9.17, 15) is 4.79 Å². The number of aryl methyl sites for hydroxylation is 1. The van der Waals surface area contributed by atoms with Crippen LogP contribution in [-0.4, -0.2) is 34.6 Å². The van der Waals surface area contributed by atoms with Gasteiger partial charge in [0.1, 0.15) is 0 Å². The number of carbonyl (C=O) groups excluding carboxylic acids is 1. The smallest absolute Gasteiger partial charge is 0.274 e. The zero-order valence-corrected chi connectivity index (χ0v) is 14.5. The predicted molar refractivity (Wildman–Crippen MR) is 92.9 cm³/mol. The molecule has 1 atom stereocenters. The van der Waals surface area contributed by atoms with Crippen LogP contribution in [0.15, 0.2) is 24.3 Å². The standard InChI is InChI=1S/C17H22N4O.ClH/c1-11-4-6-13(7-5-11)12(2)21(3)17(22)16-14-10-18-9-8-15(14)19-20-16;/h4-7,12,18H,8-10H2,1-3H3,(H,19,20);1H. The molecule has 5 nitrogen and oxygen atoms in total. The first-order chi connectivity index (χ1) is 10.6. The Bertz CT molecular complexity index is 680. The number of amides is 1. The van der Waals surface area contributed by atoms with Crippen LogP contribution < -0.4 is 5.32 Å². The molecule has 23 heavy (non-hydrogen) atoms. The molecule has 0 radical (unpaired) electrons. The van der Waals surface area contributed by atoms with Crippen molar-refractivity contribution in [1.82, 2.24) is 20.4 Å². The quantitative estimate of drug-likeness (QED) is 0.907. The number of rotatable bonds is 3. The molecule has 6 heteroatoms. The summed E-state index contributed by atoms with van der Waals surface area (Å²) in [5.74, 6) is -0.0331. The second kappa shape index (κ2) is 7.15. The number of carbonyl (C=O) groups is 1. The van der Waals surface area contributed by atoms with Gasteiger partial charge < -0.3 is 10.2 Å². The first-order valence-corrected chi connectivity index (χ1v) is 7.68. The second-order valence-electron chi connectivity index (χ2n) is 5.96. The van der Waals surface area contributed by atoms with E-state index in [1.54, 1.807) is 4.90 Å². The fraction of sp³-hybridized carbons (Fsp3) is 0.412. The molecular weight excluding hydrogens is 312 g/mol. The normalized spacial score (nSPS) is 14.6. The number of H-pyrrole nitrogens is 1. The van der Waals surface area contributed by atoms with Crippen molar-refractivity contribution < 1.29 is 4.79 Å². The van der Waals surface area contributed by atoms with Crippen LogP contribution in [0.3, 0.4) is 0 Å². The highest BCUT2D eigenvalue weighted by atomic mass is 35.5. The molecule has 0 bridgehead atoms.